The fourth-order valence-corrected chi connectivity index (χ4v) is 22.0. The average Bonchev–Trinajstić information content (AvgIpc) is 0.934. The number of aryl methyl sites for hydroxylation is 1. The van der Waals surface area contributed by atoms with Gasteiger partial charge in [0.15, 0.2) is 16.9 Å². The highest BCUT2D eigenvalue weighted by molar-refractivity contribution is 8.00. The van der Waals surface area contributed by atoms with Crippen LogP contribution in [0.25, 0.3) is 21.3 Å². The molecule has 129 heavy (non-hydrogen) atoms. The van der Waals surface area contributed by atoms with Crippen LogP contribution in [-0.4, -0.2) is 296 Å². The maximum Gasteiger partial charge on any atom is 0.410 e. The van der Waals surface area contributed by atoms with Crippen molar-refractivity contribution in [1.29, 1.82) is 0 Å². The third kappa shape index (κ3) is 23.9. The van der Waals surface area contributed by atoms with Crippen LogP contribution in [0.2, 0.25) is 0 Å². The van der Waals surface area contributed by atoms with Crippen LogP contribution in [0, 0.1) is 29.1 Å². The van der Waals surface area contributed by atoms with Crippen LogP contribution in [0.3, 0.4) is 0 Å². The molecule has 2 saturated heterocycles. The van der Waals surface area contributed by atoms with Gasteiger partial charge in [-0.1, -0.05) is 69.4 Å². The van der Waals surface area contributed by atoms with Crippen LogP contribution < -0.4 is 37.2 Å². The maximum absolute atomic E-state index is 14.6. The maximum atomic E-state index is 14.6. The van der Waals surface area contributed by atoms with Gasteiger partial charge in [0.2, 0.25) is 29.5 Å². The molecule has 6 heterocycles. The number of carbonyl (C=O) groups excluding carboxylic acids is 7. The molecule has 3 unspecified atom stereocenters. The van der Waals surface area contributed by atoms with Gasteiger partial charge in [-0.25, -0.2) is 24.4 Å². The third-order valence-corrected chi connectivity index (χ3v) is 27.8. The lowest BCUT2D eigenvalue weighted by Gasteiger charge is -2.69. The number of pyridine rings is 1. The molecular formula is C86H111N13O27S3. The van der Waals surface area contributed by atoms with Gasteiger partial charge in [-0.15, -0.1) is 11.8 Å². The van der Waals surface area contributed by atoms with Crippen LogP contribution >= 0.6 is 23.1 Å². The van der Waals surface area contributed by atoms with Gasteiger partial charge in [-0.3, -0.25) is 52.9 Å². The normalized spacial score (nSPS) is 24.7. The molecule has 6 fully saturated rings. The first-order chi connectivity index (χ1) is 60.9. The van der Waals surface area contributed by atoms with Crippen LogP contribution in [0.4, 0.5) is 21.4 Å². The van der Waals surface area contributed by atoms with Crippen molar-refractivity contribution in [3.05, 3.63) is 118 Å². The molecule has 40 nitrogen and oxygen atoms in total. The number of hydrogen-bond donors (Lipinski definition) is 16. The zero-order valence-electron chi connectivity index (χ0n) is 72.0. The molecule has 4 saturated carbocycles. The number of aliphatic hydroxyl groups excluding tert-OH is 5. The molecule has 700 valence electrons. The Balaban J connectivity index is 0.700. The zero-order valence-corrected chi connectivity index (χ0v) is 74.5. The highest BCUT2D eigenvalue weighted by Gasteiger charge is 2.66. The Morgan fingerprint density at radius 2 is 1.56 bits per heavy atom. The molecule has 3 aromatic heterocycles. The Kier molecular flexibility index (Phi) is 31.0. The van der Waals surface area contributed by atoms with E-state index < -0.39 is 198 Å². The van der Waals surface area contributed by atoms with E-state index in [1.165, 1.54) is 41.4 Å². The van der Waals surface area contributed by atoms with E-state index in [2.05, 4.69) is 45.4 Å². The first-order valence-corrected chi connectivity index (χ1v) is 46.0. The Bertz CT molecular complexity index is 5270. The third-order valence-electron chi connectivity index (χ3n) is 24.8. The summed E-state index contributed by atoms with van der Waals surface area (Å²) in [4.78, 5) is 160. The summed E-state index contributed by atoms with van der Waals surface area (Å²) in [5.74, 6) is -12.0. The number of carboxylic acids is 4. The topological polar surface area (TPSA) is 601 Å². The number of nitrogens with one attached hydrogen (secondary N) is 5. The number of carboxylic acid groups (broad SMARTS) is 4. The average molecular weight is 1860 g/mol. The first kappa shape index (κ1) is 97.6. The largest absolute Gasteiger partial charge is 0.481 e. The molecule has 13 rings (SSSR count). The second-order valence-electron chi connectivity index (χ2n) is 35.7. The second-order valence-corrected chi connectivity index (χ2v) is 39.5. The van der Waals surface area contributed by atoms with Gasteiger partial charge in [-0.2, -0.15) is 13.5 Å². The van der Waals surface area contributed by atoms with Crippen LogP contribution in [-0.2, 0) is 100.0 Å². The number of ether oxygens (including phenoxy) is 4. The fourth-order valence-electron chi connectivity index (χ4n) is 19.7. The Morgan fingerprint density at radius 1 is 0.822 bits per heavy atom. The molecule has 14 atom stereocenters. The monoisotopic (exact) mass is 1850 g/mol. The number of likely N-dealkylation sites (tertiary alicyclic amines) is 1. The lowest BCUT2D eigenvalue weighted by Crippen LogP contribution is -2.64. The zero-order chi connectivity index (χ0) is 93.5. The number of aliphatic hydroxyl groups is 5. The molecule has 0 spiro atoms. The van der Waals surface area contributed by atoms with E-state index in [0.717, 1.165) is 64.0 Å². The Morgan fingerprint density at radius 3 is 2.24 bits per heavy atom. The summed E-state index contributed by atoms with van der Waals surface area (Å²) in [6.07, 6.45) is -5.68. The number of thiazole rings is 1. The number of carbonyl (C=O) groups is 11. The number of anilines is 3. The predicted molar refractivity (Wildman–Crippen MR) is 466 cm³/mol. The van der Waals surface area contributed by atoms with Crippen molar-refractivity contribution in [2.24, 2.45) is 27.9 Å². The fraction of sp³-hybridized carbons (Fsp3) is 0.558. The highest BCUT2D eigenvalue weighted by Crippen LogP contribution is 2.72. The smallest absolute Gasteiger partial charge is 0.410 e. The van der Waals surface area contributed by atoms with E-state index in [0.29, 0.717) is 83.0 Å². The number of benzene rings is 3. The quantitative estimate of drug-likeness (QED) is 0.0193. The van der Waals surface area contributed by atoms with Crippen LogP contribution in [0.15, 0.2) is 79.0 Å². The van der Waals surface area contributed by atoms with Crippen molar-refractivity contribution in [2.75, 3.05) is 79.6 Å². The predicted octanol–water partition coefficient (Wildman–Crippen LogP) is 3.32. The van der Waals surface area contributed by atoms with Crippen molar-refractivity contribution in [3.63, 3.8) is 0 Å². The van der Waals surface area contributed by atoms with Gasteiger partial charge in [-0.05, 0) is 171 Å². The van der Waals surface area contributed by atoms with E-state index in [1.807, 2.05) is 52.9 Å². The summed E-state index contributed by atoms with van der Waals surface area (Å²) in [7, 11) is -4.51. The van der Waals surface area contributed by atoms with E-state index in [1.54, 1.807) is 38.2 Å². The minimum Gasteiger partial charge on any atom is -0.481 e. The van der Waals surface area contributed by atoms with Crippen molar-refractivity contribution in [3.8, 4) is 11.1 Å². The van der Waals surface area contributed by atoms with Gasteiger partial charge >= 0.3 is 30.0 Å². The van der Waals surface area contributed by atoms with E-state index in [9.17, 15) is 112 Å². The molecule has 17 N–H and O–H groups in total. The number of thioether (sulfide) groups is 1. The molecule has 3 aromatic carbocycles. The summed E-state index contributed by atoms with van der Waals surface area (Å²) in [6, 6.07) is 14.5. The van der Waals surface area contributed by atoms with Gasteiger partial charge < -0.3 is 107 Å². The summed E-state index contributed by atoms with van der Waals surface area (Å²) in [5.41, 5.74) is 9.59. The molecule has 0 radical (unpaired) electrons. The van der Waals surface area contributed by atoms with E-state index >= 15 is 0 Å². The molecular weight excluding hydrogens is 1740 g/mol. The minimum atomic E-state index is -4.51. The number of fused-ring (bicyclic) bond motifs is 2. The number of nitrogens with two attached hydrogens (primary N) is 1. The van der Waals surface area contributed by atoms with Gasteiger partial charge in [0.1, 0.15) is 54.9 Å². The molecule has 4 bridgehead atoms. The summed E-state index contributed by atoms with van der Waals surface area (Å²) in [6.45, 7) is 9.23. The van der Waals surface area contributed by atoms with Crippen LogP contribution in [0.5, 0.6) is 0 Å². The number of aromatic carboxylic acids is 1. The SMILES string of the molecule is Cc1c(-c2ccc(N3CCc4cccc(C(=O)Nc5nc6ccccc6s5)c4C3)nc2C(=O)O)cnn1CC12CC3(C)CC(C)(C1)CC(OCCN(CC[C@H](O)CO)C(=O)OCc1ccc(NC(=O)[C@H](C)NC(=O)[C@@H](NC(=O)CN4C(=O)[C@@H](NC(=O)C(CC(=O)O)SC[C@H](N)C(=O)O)C[C@H]4COCCS(=O)(=O)O)C(C)C)cc1CC[C@@H]1O[C@H](C(=O)O)[C@@H](O)[C@H](O)[C@H]1O)(C3)C2. The number of amides is 7. The van der Waals surface area contributed by atoms with Crippen LogP contribution in [0.1, 0.15) is 148 Å². The lowest BCUT2D eigenvalue weighted by molar-refractivity contribution is -0.248. The molecule has 6 aromatic rings. The molecule has 7 aliphatic rings. The summed E-state index contributed by atoms with van der Waals surface area (Å²) in [5, 5.41) is 110. The number of hydrogen-bond acceptors (Lipinski definition) is 29. The number of para-hydroxylation sites is 1. The van der Waals surface area contributed by atoms with Gasteiger partial charge in [0, 0.05) is 66.5 Å². The number of aliphatic carboxylic acids is 3. The van der Waals surface area contributed by atoms with Crippen molar-refractivity contribution >= 4 is 125 Å². The van der Waals surface area contributed by atoms with Gasteiger partial charge in [0.25, 0.3) is 16.0 Å². The number of nitrogens with zero attached hydrogens (tertiary/aromatic N) is 7. The number of aromatic nitrogens is 4. The van der Waals surface area contributed by atoms with Crippen molar-refractivity contribution in [1.82, 2.24) is 45.5 Å². The standard InChI is InChI=1S/C86H111N13O27S3/c1-45(2)67(94-65(102)33-98-52(36-123-26-27-129(120,121)122)29-60(77(98)112)91-75(110)63(30-66(103)104)127-37-58(87)78(113)114)76(111)89-46(3)73(108)90-51-16-14-50(49(28-51)15-18-61-69(105)70(106)71(107)72(126-61)80(117)118)35-124-82(119)96(23-21-53(101)34-100)24-25-125-86-41-83(5)38-84(6,42-86)40-85(39-83,43-86)44-99-47(4)56(31-88-99)54-17-19-64(93-68(54)79(115)116)97-22-20-48-10-9-11-55(57(48)32-97)74(109)95-81-92-59-12-7-8-13-62(59)128-81/h7-14,16-17,19,28,31,45-46,52-53,58,60-61,63,67,69-72,100-101,105-107H,15,18,20-27,29-30,32-44,87H2,1-6H3,(H,89,111)(H,90,108)(H,91,110)(H,94,102)(H,103,104)(H,113,114)(H,115,116)(H,117,118)(H,92,95,109)(H,120,121,122)/t46-,52-,53-,58-,60-,61-,63?,67-,69-,70+,71-,72-,83?,84?,85?,86?/m0/s1. The lowest BCUT2D eigenvalue weighted by atomic mass is 9.39. The van der Waals surface area contributed by atoms with Crippen molar-refractivity contribution in [2.45, 2.75) is 216 Å². The molecule has 43 heteroatoms. The number of rotatable bonds is 42. The highest BCUT2D eigenvalue weighted by atomic mass is 32.2. The Hall–Kier alpha value is -10.4. The summed E-state index contributed by atoms with van der Waals surface area (Å²) >= 11 is 2.00. The van der Waals surface area contributed by atoms with Crippen molar-refractivity contribution < 1.29 is 131 Å². The minimum absolute atomic E-state index is 0.0194. The van der Waals surface area contributed by atoms with E-state index in [4.69, 9.17) is 34.8 Å². The first-order valence-electron chi connectivity index (χ1n) is 42.5. The Labute approximate surface area is 750 Å². The van der Waals surface area contributed by atoms with E-state index in [-0.39, 0.29) is 84.7 Å². The molecule has 4 aliphatic carbocycles. The summed E-state index contributed by atoms with van der Waals surface area (Å²) < 4.78 is 59.3. The van der Waals surface area contributed by atoms with Gasteiger partial charge in [0.05, 0.1) is 90.7 Å². The molecule has 3 aliphatic heterocycles. The second kappa shape index (κ2) is 40.9. The molecule has 7 amide bonds.